The summed E-state index contributed by atoms with van der Waals surface area (Å²) in [6.07, 6.45) is 0. The van der Waals surface area contributed by atoms with Gasteiger partial charge in [-0.3, -0.25) is 9.59 Å². The zero-order chi connectivity index (χ0) is 17.5. The maximum absolute atomic E-state index is 12.4. The molecule has 5 heteroatoms. The normalized spacial score (nSPS) is 10.1. The van der Waals surface area contributed by atoms with Gasteiger partial charge in [0, 0.05) is 38.6 Å². The molecule has 0 saturated heterocycles. The number of anilines is 2. The molecule has 2 aromatic rings. The molecule has 5 nitrogen and oxygen atoms in total. The molecule has 1 N–H and O–H groups in total. The summed E-state index contributed by atoms with van der Waals surface area (Å²) < 4.78 is 0. The van der Waals surface area contributed by atoms with Gasteiger partial charge in [-0.15, -0.1) is 0 Å². The van der Waals surface area contributed by atoms with E-state index < -0.39 is 11.8 Å². The minimum Gasteiger partial charge on any atom is -0.378 e. The van der Waals surface area contributed by atoms with E-state index in [-0.39, 0.29) is 0 Å². The number of nitrogens with one attached hydrogen (secondary N) is 1. The fourth-order valence-corrected chi connectivity index (χ4v) is 2.30. The number of amides is 2. The zero-order valence-electron chi connectivity index (χ0n) is 14.3. The molecule has 0 aliphatic carbocycles. The summed E-state index contributed by atoms with van der Waals surface area (Å²) in [6, 6.07) is 17.0. The lowest BCUT2D eigenvalue weighted by atomic mass is 10.2. The molecule has 2 aromatic carbocycles. The van der Waals surface area contributed by atoms with Crippen molar-refractivity contribution in [1.82, 2.24) is 4.90 Å². The highest BCUT2D eigenvalue weighted by Crippen LogP contribution is 2.16. The molecular weight excluding hydrogens is 302 g/mol. The third kappa shape index (κ3) is 4.59. The van der Waals surface area contributed by atoms with Crippen LogP contribution in [0.5, 0.6) is 0 Å². The highest BCUT2D eigenvalue weighted by molar-refractivity contribution is 6.39. The maximum atomic E-state index is 12.4. The van der Waals surface area contributed by atoms with E-state index in [1.807, 2.05) is 68.4 Å². The Labute approximate surface area is 142 Å². The Morgan fingerprint density at radius 2 is 1.58 bits per heavy atom. The standard InChI is InChI=1S/C19H23N3O2/c1-4-22(14-15-8-6-5-7-9-15)19(24)18(23)20-16-10-12-17(13-11-16)21(2)3/h5-13H,4,14H2,1-3H3,(H,20,23). The smallest absolute Gasteiger partial charge is 0.313 e. The second-order valence-electron chi connectivity index (χ2n) is 5.70. The number of likely N-dealkylation sites (N-methyl/N-ethyl adjacent to an activating group) is 1. The molecule has 0 unspecified atom stereocenters. The highest BCUT2D eigenvalue weighted by Gasteiger charge is 2.20. The summed E-state index contributed by atoms with van der Waals surface area (Å²) in [5, 5.41) is 2.66. The van der Waals surface area contributed by atoms with E-state index in [9.17, 15) is 9.59 Å². The third-order valence-corrected chi connectivity index (χ3v) is 3.72. The predicted molar refractivity (Wildman–Crippen MR) is 96.9 cm³/mol. The van der Waals surface area contributed by atoms with E-state index in [1.165, 1.54) is 4.90 Å². The molecule has 0 bridgehead atoms. The molecule has 126 valence electrons. The van der Waals surface area contributed by atoms with Crippen molar-refractivity contribution in [2.24, 2.45) is 0 Å². The van der Waals surface area contributed by atoms with Crippen LogP contribution in [-0.2, 0) is 16.1 Å². The molecule has 0 spiro atoms. The number of hydrogen-bond acceptors (Lipinski definition) is 3. The van der Waals surface area contributed by atoms with Gasteiger partial charge in [0.2, 0.25) is 0 Å². The van der Waals surface area contributed by atoms with Crippen LogP contribution in [-0.4, -0.2) is 37.4 Å². The number of benzene rings is 2. The first-order chi connectivity index (χ1) is 11.5. The molecule has 2 amide bonds. The zero-order valence-corrected chi connectivity index (χ0v) is 14.3. The summed E-state index contributed by atoms with van der Waals surface area (Å²) in [7, 11) is 3.89. The predicted octanol–water partition coefficient (Wildman–Crippen LogP) is 2.74. The minimum atomic E-state index is -0.620. The SMILES string of the molecule is CCN(Cc1ccccc1)C(=O)C(=O)Nc1ccc(N(C)C)cc1. The fraction of sp³-hybridized carbons (Fsp3) is 0.263. The van der Waals surface area contributed by atoms with Crippen molar-refractivity contribution in [3.05, 3.63) is 60.2 Å². The topological polar surface area (TPSA) is 52.7 Å². The van der Waals surface area contributed by atoms with Crippen LogP contribution < -0.4 is 10.2 Å². The molecular formula is C19H23N3O2. The summed E-state index contributed by atoms with van der Waals surface area (Å²) >= 11 is 0. The molecule has 24 heavy (non-hydrogen) atoms. The third-order valence-electron chi connectivity index (χ3n) is 3.72. The fourth-order valence-electron chi connectivity index (χ4n) is 2.30. The van der Waals surface area contributed by atoms with E-state index in [4.69, 9.17) is 0 Å². The van der Waals surface area contributed by atoms with Crippen molar-refractivity contribution in [3.8, 4) is 0 Å². The van der Waals surface area contributed by atoms with Crippen LogP contribution in [0, 0.1) is 0 Å². The van der Waals surface area contributed by atoms with Crippen LogP contribution >= 0.6 is 0 Å². The maximum Gasteiger partial charge on any atom is 0.313 e. The van der Waals surface area contributed by atoms with Gasteiger partial charge < -0.3 is 15.1 Å². The lowest BCUT2D eigenvalue weighted by Crippen LogP contribution is -2.39. The number of hydrogen-bond donors (Lipinski definition) is 1. The van der Waals surface area contributed by atoms with E-state index in [1.54, 1.807) is 12.1 Å². The average molecular weight is 325 g/mol. The van der Waals surface area contributed by atoms with Gasteiger partial charge in [-0.2, -0.15) is 0 Å². The van der Waals surface area contributed by atoms with Gasteiger partial charge in [-0.05, 0) is 36.8 Å². The van der Waals surface area contributed by atoms with Crippen molar-refractivity contribution in [3.63, 3.8) is 0 Å². The monoisotopic (exact) mass is 325 g/mol. The van der Waals surface area contributed by atoms with Crippen LogP contribution in [0.4, 0.5) is 11.4 Å². The lowest BCUT2D eigenvalue weighted by molar-refractivity contribution is -0.143. The largest absolute Gasteiger partial charge is 0.378 e. The molecule has 0 aliphatic heterocycles. The van der Waals surface area contributed by atoms with Crippen LogP contribution in [0.15, 0.2) is 54.6 Å². The van der Waals surface area contributed by atoms with Crippen molar-refractivity contribution >= 4 is 23.2 Å². The number of carbonyl (C=O) groups excluding carboxylic acids is 2. The van der Waals surface area contributed by atoms with Crippen LogP contribution in [0.3, 0.4) is 0 Å². The Hall–Kier alpha value is -2.82. The Balaban J connectivity index is 2.00. The van der Waals surface area contributed by atoms with Gasteiger partial charge in [-0.25, -0.2) is 0 Å². The van der Waals surface area contributed by atoms with Crippen molar-refractivity contribution in [2.75, 3.05) is 30.9 Å². The second kappa shape index (κ2) is 8.15. The summed E-state index contributed by atoms with van der Waals surface area (Å²) in [6.45, 7) is 2.75. The first-order valence-electron chi connectivity index (χ1n) is 7.93. The molecule has 0 fully saturated rings. The summed E-state index contributed by atoms with van der Waals surface area (Å²) in [5.74, 6) is -1.15. The summed E-state index contributed by atoms with van der Waals surface area (Å²) in [5.41, 5.74) is 2.63. The Bertz CT molecular complexity index is 682. The molecule has 0 aliphatic rings. The first-order valence-corrected chi connectivity index (χ1v) is 7.93. The van der Waals surface area contributed by atoms with Crippen LogP contribution in [0.1, 0.15) is 12.5 Å². The van der Waals surface area contributed by atoms with Crippen LogP contribution in [0.25, 0.3) is 0 Å². The molecule has 0 saturated carbocycles. The van der Waals surface area contributed by atoms with E-state index in [2.05, 4.69) is 5.32 Å². The molecule has 0 heterocycles. The lowest BCUT2D eigenvalue weighted by Gasteiger charge is -2.20. The van der Waals surface area contributed by atoms with Gasteiger partial charge >= 0.3 is 11.8 Å². The number of nitrogens with zero attached hydrogens (tertiary/aromatic N) is 2. The first kappa shape index (κ1) is 17.5. The second-order valence-corrected chi connectivity index (χ2v) is 5.70. The van der Waals surface area contributed by atoms with Crippen molar-refractivity contribution in [1.29, 1.82) is 0 Å². The minimum absolute atomic E-state index is 0.420. The van der Waals surface area contributed by atoms with Gasteiger partial charge in [0.1, 0.15) is 0 Å². The average Bonchev–Trinajstić information content (AvgIpc) is 2.60. The van der Waals surface area contributed by atoms with E-state index in [0.29, 0.717) is 18.8 Å². The Morgan fingerprint density at radius 1 is 0.958 bits per heavy atom. The van der Waals surface area contributed by atoms with Gasteiger partial charge in [0.15, 0.2) is 0 Å². The molecule has 2 rings (SSSR count). The number of rotatable bonds is 5. The summed E-state index contributed by atoms with van der Waals surface area (Å²) in [4.78, 5) is 28.1. The van der Waals surface area contributed by atoms with Gasteiger partial charge in [-0.1, -0.05) is 30.3 Å². The molecule has 0 atom stereocenters. The van der Waals surface area contributed by atoms with E-state index >= 15 is 0 Å². The van der Waals surface area contributed by atoms with Gasteiger partial charge in [0.25, 0.3) is 0 Å². The highest BCUT2D eigenvalue weighted by atomic mass is 16.2. The Morgan fingerprint density at radius 3 is 2.12 bits per heavy atom. The molecule has 0 radical (unpaired) electrons. The van der Waals surface area contributed by atoms with Crippen LogP contribution in [0.2, 0.25) is 0 Å². The quantitative estimate of drug-likeness (QED) is 0.860. The number of carbonyl (C=O) groups is 2. The molecule has 0 aromatic heterocycles. The Kier molecular flexibility index (Phi) is 5.95. The van der Waals surface area contributed by atoms with E-state index in [0.717, 1.165) is 11.3 Å². The van der Waals surface area contributed by atoms with Crippen molar-refractivity contribution < 1.29 is 9.59 Å². The van der Waals surface area contributed by atoms with Gasteiger partial charge in [0.05, 0.1) is 0 Å². The van der Waals surface area contributed by atoms with Crippen molar-refractivity contribution in [2.45, 2.75) is 13.5 Å².